The van der Waals surface area contributed by atoms with Crippen molar-refractivity contribution < 1.29 is 4.79 Å². The van der Waals surface area contributed by atoms with Gasteiger partial charge in [-0.15, -0.1) is 0 Å². The summed E-state index contributed by atoms with van der Waals surface area (Å²) in [5.74, 6) is 1.35. The van der Waals surface area contributed by atoms with E-state index in [0.29, 0.717) is 12.5 Å². The van der Waals surface area contributed by atoms with E-state index in [0.717, 1.165) is 39.9 Å². The third-order valence-corrected chi connectivity index (χ3v) is 5.57. The highest BCUT2D eigenvalue weighted by Gasteiger charge is 2.11. The molecule has 1 heterocycles. The van der Waals surface area contributed by atoms with Gasteiger partial charge in [0.05, 0.1) is 0 Å². The molecule has 0 aliphatic heterocycles. The number of benzene rings is 1. The number of carbonyl (C=O) groups is 1. The Labute approximate surface area is 188 Å². The Morgan fingerprint density at radius 2 is 1.94 bits per heavy atom. The number of anilines is 1. The summed E-state index contributed by atoms with van der Waals surface area (Å²) in [6.45, 7) is 11.4. The molecule has 0 radical (unpaired) electrons. The van der Waals surface area contributed by atoms with Gasteiger partial charge in [-0.05, 0) is 44.5 Å². The van der Waals surface area contributed by atoms with Crippen molar-refractivity contribution in [2.75, 3.05) is 18.9 Å². The summed E-state index contributed by atoms with van der Waals surface area (Å²) in [6.07, 6.45) is 0.816. The average molecular weight is 444 g/mol. The van der Waals surface area contributed by atoms with Gasteiger partial charge in [-0.2, -0.15) is 4.99 Å². The highest BCUT2D eigenvalue weighted by molar-refractivity contribution is 7.99. The fourth-order valence-electron chi connectivity index (χ4n) is 2.68. The Kier molecular flexibility index (Phi) is 9.74. The fourth-order valence-corrected chi connectivity index (χ4v) is 3.49. The van der Waals surface area contributed by atoms with Crippen molar-refractivity contribution in [2.24, 2.45) is 15.9 Å². The van der Waals surface area contributed by atoms with Gasteiger partial charge in [-0.1, -0.05) is 32.5 Å². The molecule has 0 spiro atoms. The molecule has 31 heavy (non-hydrogen) atoms. The molecule has 168 valence electrons. The van der Waals surface area contributed by atoms with E-state index in [-0.39, 0.29) is 11.8 Å². The predicted octanol–water partition coefficient (Wildman–Crippen LogP) is 3.73. The minimum absolute atomic E-state index is 0.00602. The molecule has 1 aromatic heterocycles. The first kappa shape index (κ1) is 24.6. The summed E-state index contributed by atoms with van der Waals surface area (Å²) in [4.78, 5) is 26.9. The monoisotopic (exact) mass is 443 g/mol. The van der Waals surface area contributed by atoms with Crippen molar-refractivity contribution in [3.05, 3.63) is 35.8 Å². The second-order valence-electron chi connectivity index (χ2n) is 7.00. The maximum absolute atomic E-state index is 12.1. The molecule has 0 fully saturated rings. The van der Waals surface area contributed by atoms with E-state index in [1.807, 2.05) is 69.5 Å². The Morgan fingerprint density at radius 3 is 2.52 bits per heavy atom. The largest absolute Gasteiger partial charge is 0.326 e. The third-order valence-electron chi connectivity index (χ3n) is 4.64. The van der Waals surface area contributed by atoms with Crippen LogP contribution in [0.1, 0.15) is 41.0 Å². The Bertz CT molecular complexity index is 967. The number of amides is 1. The number of hydrogen-bond donors (Lipinski definition) is 3. The van der Waals surface area contributed by atoms with Crippen molar-refractivity contribution in [1.29, 1.82) is 0 Å². The van der Waals surface area contributed by atoms with Crippen LogP contribution in [0.5, 0.6) is 0 Å². The van der Waals surface area contributed by atoms with Crippen LogP contribution in [0.2, 0.25) is 0 Å². The van der Waals surface area contributed by atoms with Crippen LogP contribution in [0.3, 0.4) is 0 Å². The standard InChI is InChI=1S/C22H33N7OS/c1-7-15(4)21(30)26-17-10-12-18(13-11-17)31-20-14-19(23-6)29(9-3)22(27-20)25-16(5)28-24-8-2/h10-15,24H,7-9H2,1-6H3,(H,26,30)(H,25,27,28). The minimum Gasteiger partial charge on any atom is -0.326 e. The molecule has 1 aromatic carbocycles. The second kappa shape index (κ2) is 12.3. The number of nitrogens with one attached hydrogen (secondary N) is 3. The Hall–Kier alpha value is -2.65. The van der Waals surface area contributed by atoms with Crippen molar-refractivity contribution in [2.45, 2.75) is 57.5 Å². The van der Waals surface area contributed by atoms with Gasteiger partial charge in [0.2, 0.25) is 11.9 Å². The average Bonchev–Trinajstić information content (AvgIpc) is 2.77. The van der Waals surface area contributed by atoms with E-state index in [1.165, 1.54) is 11.8 Å². The van der Waals surface area contributed by atoms with Crippen molar-refractivity contribution in [3.8, 4) is 0 Å². The van der Waals surface area contributed by atoms with E-state index >= 15 is 0 Å². The maximum Gasteiger partial charge on any atom is 0.233 e. The summed E-state index contributed by atoms with van der Waals surface area (Å²) in [5, 5.41) is 3.75. The van der Waals surface area contributed by atoms with Crippen LogP contribution in [0.25, 0.3) is 0 Å². The zero-order valence-electron chi connectivity index (χ0n) is 19.2. The van der Waals surface area contributed by atoms with E-state index < -0.39 is 0 Å². The molecular weight excluding hydrogens is 410 g/mol. The van der Waals surface area contributed by atoms with Crippen molar-refractivity contribution in [1.82, 2.24) is 20.4 Å². The van der Waals surface area contributed by atoms with Crippen LogP contribution in [-0.2, 0) is 11.3 Å². The smallest absolute Gasteiger partial charge is 0.233 e. The lowest BCUT2D eigenvalue weighted by Crippen LogP contribution is -2.35. The van der Waals surface area contributed by atoms with Crippen LogP contribution in [0, 0.1) is 5.92 Å². The summed E-state index contributed by atoms with van der Waals surface area (Å²) >= 11 is 1.53. The summed E-state index contributed by atoms with van der Waals surface area (Å²) in [7, 11) is 1.77. The first-order valence-corrected chi connectivity index (χ1v) is 11.4. The van der Waals surface area contributed by atoms with Gasteiger partial charge >= 0.3 is 0 Å². The highest BCUT2D eigenvalue weighted by atomic mass is 32.2. The number of aromatic nitrogens is 2. The molecule has 0 aliphatic rings. The lowest BCUT2D eigenvalue weighted by molar-refractivity contribution is -0.119. The zero-order valence-corrected chi connectivity index (χ0v) is 20.0. The highest BCUT2D eigenvalue weighted by Crippen LogP contribution is 2.28. The molecule has 1 atom stereocenters. The molecule has 2 aromatic rings. The van der Waals surface area contributed by atoms with Gasteiger partial charge in [0.1, 0.15) is 16.3 Å². The van der Waals surface area contributed by atoms with Crippen molar-refractivity contribution in [3.63, 3.8) is 0 Å². The molecule has 0 saturated carbocycles. The third kappa shape index (κ3) is 7.22. The maximum atomic E-state index is 12.1. The quantitative estimate of drug-likeness (QED) is 0.238. The molecule has 0 saturated heterocycles. The molecule has 9 heteroatoms. The molecule has 2 rings (SSSR count). The van der Waals surface area contributed by atoms with Gasteiger partial charge in [-0.3, -0.25) is 14.4 Å². The van der Waals surface area contributed by atoms with Gasteiger partial charge in [0.15, 0.2) is 0 Å². The molecule has 0 bridgehead atoms. The number of amidine groups is 1. The minimum atomic E-state index is -0.00602. The molecular formula is C22H33N7OS. The Balaban J connectivity index is 2.26. The second-order valence-corrected chi connectivity index (χ2v) is 8.09. The number of carbonyl (C=O) groups excluding carboxylic acids is 1. The number of nitrogens with zero attached hydrogens (tertiary/aromatic N) is 4. The fraction of sp³-hybridized carbons (Fsp3) is 0.455. The van der Waals surface area contributed by atoms with Crippen LogP contribution < -0.4 is 21.7 Å². The van der Waals surface area contributed by atoms with E-state index in [1.54, 1.807) is 7.05 Å². The van der Waals surface area contributed by atoms with Crippen LogP contribution in [-0.4, -0.2) is 34.9 Å². The SMILES string of the molecule is CCNN/C(C)=N/c1nc(Sc2ccc(NC(=O)C(C)CC)cc2)cc(=NC)n1CC. The van der Waals surface area contributed by atoms with E-state index in [4.69, 9.17) is 4.98 Å². The van der Waals surface area contributed by atoms with E-state index in [2.05, 4.69) is 26.2 Å². The summed E-state index contributed by atoms with van der Waals surface area (Å²) in [6, 6.07) is 9.73. The van der Waals surface area contributed by atoms with Gasteiger partial charge in [0, 0.05) is 42.7 Å². The van der Waals surface area contributed by atoms with Gasteiger partial charge in [-0.25, -0.2) is 10.4 Å². The molecule has 3 N–H and O–H groups in total. The summed E-state index contributed by atoms with van der Waals surface area (Å²) < 4.78 is 1.97. The lowest BCUT2D eigenvalue weighted by Gasteiger charge is -2.12. The van der Waals surface area contributed by atoms with Crippen molar-refractivity contribution >= 4 is 35.1 Å². The predicted molar refractivity (Wildman–Crippen MR) is 128 cm³/mol. The van der Waals surface area contributed by atoms with E-state index in [9.17, 15) is 4.79 Å². The molecule has 1 unspecified atom stereocenters. The lowest BCUT2D eigenvalue weighted by atomic mass is 10.1. The first-order valence-electron chi connectivity index (χ1n) is 10.6. The number of hydrazine groups is 1. The first-order chi connectivity index (χ1) is 14.9. The number of hydrogen-bond acceptors (Lipinski definition) is 6. The number of aliphatic imine (C=N–C) groups is 1. The zero-order chi connectivity index (χ0) is 22.8. The number of rotatable bonds is 9. The van der Waals surface area contributed by atoms with Gasteiger partial charge < -0.3 is 10.7 Å². The van der Waals surface area contributed by atoms with Crippen LogP contribution in [0.4, 0.5) is 11.6 Å². The Morgan fingerprint density at radius 1 is 1.23 bits per heavy atom. The van der Waals surface area contributed by atoms with Crippen LogP contribution in [0.15, 0.2) is 50.2 Å². The molecule has 0 aliphatic carbocycles. The molecule has 1 amide bonds. The summed E-state index contributed by atoms with van der Waals surface area (Å²) in [5.41, 5.74) is 7.69. The normalized spacial score (nSPS) is 13.2. The van der Waals surface area contributed by atoms with Gasteiger partial charge in [0.25, 0.3) is 0 Å². The topological polar surface area (TPSA) is 95.7 Å². The van der Waals surface area contributed by atoms with Crippen LogP contribution >= 0.6 is 11.8 Å². The molecule has 8 nitrogen and oxygen atoms in total.